The molecule has 0 N–H and O–H groups in total. The molecule has 0 saturated carbocycles. The standard InChI is InChI=1S/C31H23F4N3O3/c1-2-40-28-16-20(14-15-27(28)41-19-22-8-3-5-12-25(22)32)18-36-38-29(21-9-7-10-23(17-21)31(33,34)35)37-26-13-6-4-11-24(26)30(38)39/h3-18H,2,19H2,1H3. The van der Waals surface area contributed by atoms with Crippen LogP contribution in [0.3, 0.4) is 0 Å². The number of rotatable bonds is 8. The van der Waals surface area contributed by atoms with Gasteiger partial charge in [-0.15, -0.1) is 0 Å². The van der Waals surface area contributed by atoms with Gasteiger partial charge < -0.3 is 9.47 Å². The first-order chi connectivity index (χ1) is 19.7. The lowest BCUT2D eigenvalue weighted by molar-refractivity contribution is -0.137. The minimum atomic E-state index is -4.58. The van der Waals surface area contributed by atoms with Crippen molar-refractivity contribution in [2.75, 3.05) is 6.61 Å². The Kier molecular flexibility index (Phi) is 7.82. The third kappa shape index (κ3) is 6.11. The average Bonchev–Trinajstić information content (AvgIpc) is 2.97. The minimum Gasteiger partial charge on any atom is -0.490 e. The van der Waals surface area contributed by atoms with Crippen molar-refractivity contribution in [1.82, 2.24) is 9.66 Å². The number of aromatic nitrogens is 2. The molecule has 0 amide bonds. The molecule has 1 aromatic heterocycles. The van der Waals surface area contributed by atoms with Gasteiger partial charge in [-0.05, 0) is 61.0 Å². The Bertz CT molecular complexity index is 1800. The Morgan fingerprint density at radius 1 is 0.902 bits per heavy atom. The van der Waals surface area contributed by atoms with Gasteiger partial charge in [0.25, 0.3) is 5.56 Å². The lowest BCUT2D eigenvalue weighted by Gasteiger charge is -2.13. The summed E-state index contributed by atoms with van der Waals surface area (Å²) in [7, 11) is 0. The summed E-state index contributed by atoms with van der Waals surface area (Å²) in [6.45, 7) is 2.10. The highest BCUT2D eigenvalue weighted by atomic mass is 19.4. The van der Waals surface area contributed by atoms with E-state index in [9.17, 15) is 22.4 Å². The number of fused-ring (bicyclic) bond motifs is 1. The van der Waals surface area contributed by atoms with Gasteiger partial charge in [-0.3, -0.25) is 4.79 Å². The van der Waals surface area contributed by atoms with E-state index in [1.54, 1.807) is 67.6 Å². The van der Waals surface area contributed by atoms with Gasteiger partial charge in [-0.2, -0.15) is 22.9 Å². The van der Waals surface area contributed by atoms with Crippen molar-refractivity contribution in [3.8, 4) is 22.9 Å². The smallest absolute Gasteiger partial charge is 0.416 e. The quantitative estimate of drug-likeness (QED) is 0.150. The number of benzene rings is 4. The first-order valence-electron chi connectivity index (χ1n) is 12.6. The fourth-order valence-electron chi connectivity index (χ4n) is 4.14. The molecule has 0 atom stereocenters. The number of halogens is 4. The molecule has 0 bridgehead atoms. The number of alkyl halides is 3. The van der Waals surface area contributed by atoms with E-state index in [-0.39, 0.29) is 29.2 Å². The fourth-order valence-corrected chi connectivity index (χ4v) is 4.14. The second-order valence-electron chi connectivity index (χ2n) is 8.91. The van der Waals surface area contributed by atoms with Crippen LogP contribution in [-0.2, 0) is 12.8 Å². The van der Waals surface area contributed by atoms with Crippen molar-refractivity contribution >= 4 is 17.1 Å². The normalized spacial score (nSPS) is 11.7. The molecule has 0 spiro atoms. The van der Waals surface area contributed by atoms with Gasteiger partial charge >= 0.3 is 6.18 Å². The van der Waals surface area contributed by atoms with Crippen molar-refractivity contribution in [1.29, 1.82) is 0 Å². The molecule has 0 saturated heterocycles. The van der Waals surface area contributed by atoms with Gasteiger partial charge in [0.1, 0.15) is 12.4 Å². The van der Waals surface area contributed by atoms with Crippen molar-refractivity contribution in [2.45, 2.75) is 19.7 Å². The second-order valence-corrected chi connectivity index (χ2v) is 8.91. The van der Waals surface area contributed by atoms with Gasteiger partial charge in [0.2, 0.25) is 0 Å². The van der Waals surface area contributed by atoms with Crippen LogP contribution in [0.1, 0.15) is 23.6 Å². The van der Waals surface area contributed by atoms with Crippen molar-refractivity contribution in [2.24, 2.45) is 5.10 Å². The molecule has 0 aliphatic heterocycles. The Hall–Kier alpha value is -4.99. The van der Waals surface area contributed by atoms with Crippen LogP contribution in [0.4, 0.5) is 17.6 Å². The molecular weight excluding hydrogens is 538 g/mol. The summed E-state index contributed by atoms with van der Waals surface area (Å²) < 4.78 is 66.8. The third-order valence-corrected chi connectivity index (χ3v) is 6.13. The molecule has 0 fully saturated rings. The van der Waals surface area contributed by atoms with Gasteiger partial charge in [0.15, 0.2) is 17.3 Å². The maximum absolute atomic E-state index is 14.0. The van der Waals surface area contributed by atoms with Crippen molar-refractivity contribution in [3.63, 3.8) is 0 Å². The zero-order chi connectivity index (χ0) is 29.0. The summed E-state index contributed by atoms with van der Waals surface area (Å²) in [6.07, 6.45) is -3.20. The highest BCUT2D eigenvalue weighted by Gasteiger charge is 2.31. The van der Waals surface area contributed by atoms with Gasteiger partial charge in [0.05, 0.1) is 29.3 Å². The Labute approximate surface area is 232 Å². The number of hydrogen-bond acceptors (Lipinski definition) is 5. The largest absolute Gasteiger partial charge is 0.490 e. The molecule has 5 aromatic rings. The monoisotopic (exact) mass is 561 g/mol. The Morgan fingerprint density at radius 2 is 1.68 bits per heavy atom. The number of ether oxygens (including phenoxy) is 2. The predicted octanol–water partition coefficient (Wildman–Crippen LogP) is 7.08. The molecule has 0 radical (unpaired) electrons. The fraction of sp³-hybridized carbons (Fsp3) is 0.129. The zero-order valence-electron chi connectivity index (χ0n) is 21.7. The molecule has 0 aliphatic rings. The van der Waals surface area contributed by atoms with Crippen LogP contribution < -0.4 is 15.0 Å². The van der Waals surface area contributed by atoms with Crippen molar-refractivity contribution < 1.29 is 27.0 Å². The van der Waals surface area contributed by atoms with E-state index in [1.807, 2.05) is 0 Å². The number of hydrogen-bond donors (Lipinski definition) is 0. The highest BCUT2D eigenvalue weighted by molar-refractivity contribution is 5.82. The zero-order valence-corrected chi connectivity index (χ0v) is 21.7. The summed E-state index contributed by atoms with van der Waals surface area (Å²) in [5.41, 5.74) is -0.125. The van der Waals surface area contributed by atoms with Crippen LogP contribution >= 0.6 is 0 Å². The van der Waals surface area contributed by atoms with E-state index in [0.717, 1.165) is 16.8 Å². The summed E-state index contributed by atoms with van der Waals surface area (Å²) in [5.74, 6) is 0.308. The maximum Gasteiger partial charge on any atom is 0.416 e. The van der Waals surface area contributed by atoms with Crippen LogP contribution in [0.2, 0.25) is 0 Å². The molecule has 10 heteroatoms. The van der Waals surface area contributed by atoms with Gasteiger partial charge in [0, 0.05) is 11.1 Å². The molecular formula is C31H23F4N3O3. The molecule has 0 aliphatic carbocycles. The van der Waals surface area contributed by atoms with E-state index in [2.05, 4.69) is 10.1 Å². The van der Waals surface area contributed by atoms with Crippen LogP contribution in [0, 0.1) is 5.82 Å². The van der Waals surface area contributed by atoms with E-state index in [4.69, 9.17) is 9.47 Å². The molecule has 208 valence electrons. The number of nitrogens with zero attached hydrogens (tertiary/aromatic N) is 3. The van der Waals surface area contributed by atoms with Gasteiger partial charge in [-0.25, -0.2) is 9.37 Å². The Balaban J connectivity index is 1.53. The summed E-state index contributed by atoms with van der Waals surface area (Å²) in [6, 6.07) is 22.3. The van der Waals surface area contributed by atoms with E-state index in [0.29, 0.717) is 34.7 Å². The summed E-state index contributed by atoms with van der Waals surface area (Å²) in [4.78, 5) is 17.9. The topological polar surface area (TPSA) is 65.7 Å². The molecule has 6 nitrogen and oxygen atoms in total. The van der Waals surface area contributed by atoms with Crippen LogP contribution in [0.5, 0.6) is 11.5 Å². The SMILES string of the molecule is CCOc1cc(C=Nn2c(-c3cccc(C(F)(F)F)c3)nc3ccccc3c2=O)ccc1OCc1ccccc1F. The molecule has 0 unspecified atom stereocenters. The first kappa shape index (κ1) is 27.6. The third-order valence-electron chi connectivity index (χ3n) is 6.13. The molecule has 5 rings (SSSR count). The van der Waals surface area contributed by atoms with Crippen LogP contribution in [-0.4, -0.2) is 22.5 Å². The highest BCUT2D eigenvalue weighted by Crippen LogP contribution is 2.32. The maximum atomic E-state index is 14.0. The molecule has 41 heavy (non-hydrogen) atoms. The Morgan fingerprint density at radius 3 is 2.46 bits per heavy atom. The summed E-state index contributed by atoms with van der Waals surface area (Å²) in [5, 5.41) is 4.58. The van der Waals surface area contributed by atoms with E-state index in [1.165, 1.54) is 24.4 Å². The average molecular weight is 562 g/mol. The molecule has 4 aromatic carbocycles. The van der Waals surface area contributed by atoms with E-state index >= 15 is 0 Å². The van der Waals surface area contributed by atoms with Crippen LogP contribution in [0.15, 0.2) is 101 Å². The lowest BCUT2D eigenvalue weighted by Crippen LogP contribution is -2.20. The summed E-state index contributed by atoms with van der Waals surface area (Å²) >= 11 is 0. The predicted molar refractivity (Wildman–Crippen MR) is 148 cm³/mol. The minimum absolute atomic E-state index is 0.0152. The van der Waals surface area contributed by atoms with Crippen LogP contribution in [0.25, 0.3) is 22.3 Å². The van der Waals surface area contributed by atoms with Crippen molar-refractivity contribution in [3.05, 3.63) is 124 Å². The first-order valence-corrected chi connectivity index (χ1v) is 12.6. The molecule has 1 heterocycles. The second kappa shape index (κ2) is 11.6. The lowest BCUT2D eigenvalue weighted by atomic mass is 10.1. The van der Waals surface area contributed by atoms with E-state index < -0.39 is 17.3 Å². The number of para-hydroxylation sites is 1. The van der Waals surface area contributed by atoms with Gasteiger partial charge in [-0.1, -0.05) is 42.5 Å².